The molecule has 0 heterocycles. The van der Waals surface area contributed by atoms with Gasteiger partial charge in [-0.3, -0.25) is 9.68 Å². The van der Waals surface area contributed by atoms with Crippen LogP contribution in [-0.2, 0) is 14.5 Å². The fourth-order valence-corrected chi connectivity index (χ4v) is 0.880. The highest BCUT2D eigenvalue weighted by Gasteiger charge is 1.99. The van der Waals surface area contributed by atoms with Gasteiger partial charge >= 0.3 is 5.97 Å². The van der Waals surface area contributed by atoms with E-state index in [9.17, 15) is 9.59 Å². The van der Waals surface area contributed by atoms with Crippen LogP contribution in [0.2, 0.25) is 0 Å². The minimum atomic E-state index is -1.00. The molecule has 78 valence electrons. The van der Waals surface area contributed by atoms with Crippen molar-refractivity contribution in [3.8, 4) is 0 Å². The molecule has 0 saturated carbocycles. The summed E-state index contributed by atoms with van der Waals surface area (Å²) in [5.74, 6) is -1.48. The van der Waals surface area contributed by atoms with E-state index in [4.69, 9.17) is 5.26 Å². The highest BCUT2D eigenvalue weighted by Crippen LogP contribution is 2.04. The van der Waals surface area contributed by atoms with Crippen molar-refractivity contribution in [3.05, 3.63) is 42.5 Å². The molecular weight excluding hydrogens is 198 g/mol. The van der Waals surface area contributed by atoms with E-state index in [0.717, 1.165) is 12.2 Å². The second kappa shape index (κ2) is 5.56. The maximum Gasteiger partial charge on any atom is 0.365 e. The van der Waals surface area contributed by atoms with E-state index in [-0.39, 0.29) is 0 Å². The third-order valence-electron chi connectivity index (χ3n) is 1.50. The van der Waals surface area contributed by atoms with Crippen LogP contribution >= 0.6 is 0 Å². The zero-order valence-corrected chi connectivity index (χ0v) is 7.71. The number of rotatable bonds is 3. The van der Waals surface area contributed by atoms with Gasteiger partial charge in [-0.1, -0.05) is 18.2 Å². The average Bonchev–Trinajstić information content (AvgIpc) is 2.27. The van der Waals surface area contributed by atoms with Crippen LogP contribution in [0.15, 0.2) is 42.5 Å². The number of hydrogen-bond acceptors (Lipinski definition) is 4. The molecule has 0 fully saturated rings. The maximum absolute atomic E-state index is 11.1. The number of carbonyl (C=O) groups is 2. The summed E-state index contributed by atoms with van der Waals surface area (Å²) in [6, 6.07) is 8.75. The Hall–Kier alpha value is -2.14. The summed E-state index contributed by atoms with van der Waals surface area (Å²) in [5.41, 5.74) is 0.615. The molecule has 0 radical (unpaired) electrons. The van der Waals surface area contributed by atoms with Gasteiger partial charge in [0.1, 0.15) is 0 Å². The number of anilines is 1. The number of carbonyl (C=O) groups excluding carboxylic acids is 2. The predicted molar refractivity (Wildman–Crippen MR) is 52.9 cm³/mol. The van der Waals surface area contributed by atoms with Gasteiger partial charge < -0.3 is 5.32 Å². The van der Waals surface area contributed by atoms with Crippen LogP contribution in [0.3, 0.4) is 0 Å². The molecular formula is C10H9NO4. The van der Waals surface area contributed by atoms with Crippen LogP contribution in [0.25, 0.3) is 0 Å². The summed E-state index contributed by atoms with van der Waals surface area (Å²) < 4.78 is 0. The maximum atomic E-state index is 11.1. The molecule has 1 aromatic carbocycles. The highest BCUT2D eigenvalue weighted by atomic mass is 17.1. The van der Waals surface area contributed by atoms with Crippen LogP contribution in [0.4, 0.5) is 5.69 Å². The van der Waals surface area contributed by atoms with Crippen molar-refractivity contribution in [1.29, 1.82) is 0 Å². The number of amides is 1. The smallest absolute Gasteiger partial charge is 0.323 e. The molecule has 1 aromatic rings. The number of para-hydroxylation sites is 1. The Labute approximate surface area is 85.9 Å². The van der Waals surface area contributed by atoms with Crippen LogP contribution in [-0.4, -0.2) is 17.1 Å². The molecule has 1 rings (SSSR count). The number of nitrogens with one attached hydrogen (secondary N) is 1. The van der Waals surface area contributed by atoms with Crippen LogP contribution < -0.4 is 5.32 Å². The molecule has 5 nitrogen and oxygen atoms in total. The largest absolute Gasteiger partial charge is 0.365 e. The Kier molecular flexibility index (Phi) is 4.05. The van der Waals surface area contributed by atoms with E-state index in [0.29, 0.717) is 5.69 Å². The molecule has 15 heavy (non-hydrogen) atoms. The molecule has 0 unspecified atom stereocenters. The van der Waals surface area contributed by atoms with Gasteiger partial charge in [-0.15, -0.1) is 0 Å². The number of hydrogen-bond donors (Lipinski definition) is 2. The number of benzene rings is 1. The summed E-state index contributed by atoms with van der Waals surface area (Å²) in [6.45, 7) is 0. The predicted octanol–water partition coefficient (Wildman–Crippen LogP) is 1.20. The van der Waals surface area contributed by atoms with Crippen molar-refractivity contribution in [2.45, 2.75) is 0 Å². The molecule has 2 N–H and O–H groups in total. The van der Waals surface area contributed by atoms with Crippen molar-refractivity contribution in [2.75, 3.05) is 5.32 Å². The van der Waals surface area contributed by atoms with Gasteiger partial charge in [-0.2, -0.15) is 5.26 Å². The quantitative estimate of drug-likeness (QED) is 0.443. The van der Waals surface area contributed by atoms with Gasteiger partial charge in [0.15, 0.2) is 0 Å². The monoisotopic (exact) mass is 207 g/mol. The Morgan fingerprint density at radius 1 is 1.20 bits per heavy atom. The van der Waals surface area contributed by atoms with Crippen LogP contribution in [0.5, 0.6) is 0 Å². The lowest BCUT2D eigenvalue weighted by Gasteiger charge is -1.99. The van der Waals surface area contributed by atoms with E-state index < -0.39 is 11.9 Å². The van der Waals surface area contributed by atoms with Crippen molar-refractivity contribution in [2.24, 2.45) is 0 Å². The van der Waals surface area contributed by atoms with Gasteiger partial charge in [0, 0.05) is 17.8 Å². The van der Waals surface area contributed by atoms with Gasteiger partial charge in [-0.25, -0.2) is 4.79 Å². The van der Waals surface area contributed by atoms with E-state index in [2.05, 4.69) is 10.2 Å². The zero-order chi connectivity index (χ0) is 11.1. The molecule has 0 aliphatic carbocycles. The minimum absolute atomic E-state index is 0.480. The van der Waals surface area contributed by atoms with Gasteiger partial charge in [-0.05, 0) is 12.1 Å². The second-order valence-electron chi connectivity index (χ2n) is 2.60. The van der Waals surface area contributed by atoms with E-state index in [1.807, 2.05) is 6.07 Å². The Morgan fingerprint density at radius 3 is 2.47 bits per heavy atom. The summed E-state index contributed by atoms with van der Waals surface area (Å²) in [4.78, 5) is 24.9. The molecule has 0 spiro atoms. The molecule has 0 aliphatic rings. The first-order valence-electron chi connectivity index (χ1n) is 4.12. The fraction of sp³-hybridized carbons (Fsp3) is 0. The van der Waals surface area contributed by atoms with Crippen molar-refractivity contribution in [1.82, 2.24) is 0 Å². The van der Waals surface area contributed by atoms with Crippen molar-refractivity contribution in [3.63, 3.8) is 0 Å². The lowest BCUT2D eigenvalue weighted by atomic mass is 10.3. The van der Waals surface area contributed by atoms with Crippen LogP contribution in [0.1, 0.15) is 0 Å². The molecule has 0 aliphatic heterocycles. The van der Waals surface area contributed by atoms with Gasteiger partial charge in [0.05, 0.1) is 0 Å². The van der Waals surface area contributed by atoms with Crippen molar-refractivity contribution < 1.29 is 19.7 Å². The summed E-state index contributed by atoms with van der Waals surface area (Å²) in [6.07, 6.45) is 1.78. The standard InChI is InChI=1S/C10H9NO4/c12-9(6-7-10(13)15-14)11-8-4-2-1-3-5-8/h1-7,14H,(H,11,12)/b7-6-. The lowest BCUT2D eigenvalue weighted by Crippen LogP contribution is -2.08. The average molecular weight is 207 g/mol. The molecule has 0 aromatic heterocycles. The second-order valence-corrected chi connectivity index (χ2v) is 2.60. The Balaban J connectivity index is 2.50. The van der Waals surface area contributed by atoms with Gasteiger partial charge in [0.25, 0.3) is 0 Å². The fourth-order valence-electron chi connectivity index (χ4n) is 0.880. The molecule has 0 atom stereocenters. The molecule has 1 amide bonds. The summed E-state index contributed by atoms with van der Waals surface area (Å²) in [5, 5.41) is 10.4. The van der Waals surface area contributed by atoms with E-state index in [1.165, 1.54) is 0 Å². The minimum Gasteiger partial charge on any atom is -0.323 e. The topological polar surface area (TPSA) is 75.6 Å². The molecule has 5 heteroatoms. The Bertz CT molecular complexity index is 372. The van der Waals surface area contributed by atoms with Crippen LogP contribution in [0, 0.1) is 0 Å². The molecule has 0 saturated heterocycles. The first-order chi connectivity index (χ1) is 7.22. The normalized spacial score (nSPS) is 9.93. The first kappa shape index (κ1) is 10.9. The molecule has 0 bridgehead atoms. The third-order valence-corrected chi connectivity index (χ3v) is 1.50. The third kappa shape index (κ3) is 4.06. The summed E-state index contributed by atoms with van der Waals surface area (Å²) >= 11 is 0. The van der Waals surface area contributed by atoms with E-state index in [1.54, 1.807) is 24.3 Å². The van der Waals surface area contributed by atoms with E-state index >= 15 is 0 Å². The Morgan fingerprint density at radius 2 is 1.87 bits per heavy atom. The lowest BCUT2D eigenvalue weighted by molar-refractivity contribution is -0.228. The van der Waals surface area contributed by atoms with Gasteiger partial charge in [0.2, 0.25) is 5.91 Å². The highest BCUT2D eigenvalue weighted by molar-refractivity contribution is 6.02. The van der Waals surface area contributed by atoms with Crippen molar-refractivity contribution >= 4 is 17.6 Å². The zero-order valence-electron chi connectivity index (χ0n) is 7.71. The SMILES string of the molecule is O=C(/C=C\C(=O)OO)Nc1ccccc1. The summed E-state index contributed by atoms with van der Waals surface area (Å²) in [7, 11) is 0. The first-order valence-corrected chi connectivity index (χ1v) is 4.12.